The summed E-state index contributed by atoms with van der Waals surface area (Å²) in [5, 5.41) is 11.0. The fourth-order valence-electron chi connectivity index (χ4n) is 1.43. The van der Waals surface area contributed by atoms with Gasteiger partial charge in [0, 0.05) is 14.2 Å². The topological polar surface area (TPSA) is 20.2 Å². The van der Waals surface area contributed by atoms with Crippen LogP contribution in [0.25, 0.3) is 0 Å². The van der Waals surface area contributed by atoms with Crippen LogP contribution in [0.5, 0.6) is 0 Å². The van der Waals surface area contributed by atoms with Crippen molar-refractivity contribution >= 4 is 77.4 Å². The Hall–Kier alpha value is 0.860. The van der Waals surface area contributed by atoms with Crippen LogP contribution in [-0.4, -0.2) is 5.11 Å². The highest BCUT2D eigenvalue weighted by Gasteiger charge is 2.19. The number of thiophene rings is 1. The highest BCUT2D eigenvalue weighted by Crippen LogP contribution is 2.39. The first kappa shape index (κ1) is 14.3. The van der Waals surface area contributed by atoms with E-state index in [1.54, 1.807) is 17.4 Å². The van der Waals surface area contributed by atoms with E-state index in [9.17, 15) is 5.11 Å². The third kappa shape index (κ3) is 3.25. The van der Waals surface area contributed by atoms with E-state index in [1.807, 2.05) is 18.2 Å². The van der Waals surface area contributed by atoms with Crippen molar-refractivity contribution in [2.24, 2.45) is 0 Å². The minimum atomic E-state index is -0.669. The number of rotatable bonds is 2. The fourth-order valence-corrected chi connectivity index (χ4v) is 5.13. The molecule has 0 saturated carbocycles. The SMILES string of the molecule is OC(c1cc(Cl)ccc1I)c1cc(Br)sc1Br. The lowest BCUT2D eigenvalue weighted by molar-refractivity contribution is 0.219. The Morgan fingerprint density at radius 3 is 2.53 bits per heavy atom. The Balaban J connectivity index is 2.46. The van der Waals surface area contributed by atoms with E-state index in [0.717, 1.165) is 22.3 Å². The van der Waals surface area contributed by atoms with E-state index in [0.29, 0.717) is 5.02 Å². The van der Waals surface area contributed by atoms with Crippen molar-refractivity contribution in [1.82, 2.24) is 0 Å². The van der Waals surface area contributed by atoms with E-state index in [2.05, 4.69) is 54.5 Å². The Morgan fingerprint density at radius 2 is 1.94 bits per heavy atom. The third-order valence-electron chi connectivity index (χ3n) is 2.23. The molecule has 0 bridgehead atoms. The lowest BCUT2D eigenvalue weighted by Gasteiger charge is -2.12. The monoisotopic (exact) mass is 506 g/mol. The minimum absolute atomic E-state index is 0.630. The molecule has 0 amide bonds. The lowest BCUT2D eigenvalue weighted by Crippen LogP contribution is -2.01. The summed E-state index contributed by atoms with van der Waals surface area (Å²) in [6.45, 7) is 0. The molecule has 1 aromatic carbocycles. The number of aliphatic hydroxyl groups is 1. The van der Waals surface area contributed by atoms with Gasteiger partial charge in [0.05, 0.1) is 7.57 Å². The van der Waals surface area contributed by atoms with Crippen molar-refractivity contribution in [1.29, 1.82) is 0 Å². The molecule has 0 aliphatic rings. The van der Waals surface area contributed by atoms with Crippen molar-refractivity contribution < 1.29 is 5.11 Å². The zero-order valence-corrected chi connectivity index (χ0v) is 15.2. The van der Waals surface area contributed by atoms with Crippen LogP contribution >= 0.6 is 77.4 Å². The first-order chi connectivity index (χ1) is 7.99. The summed E-state index contributed by atoms with van der Waals surface area (Å²) < 4.78 is 2.90. The van der Waals surface area contributed by atoms with Crippen molar-refractivity contribution in [3.8, 4) is 0 Å². The minimum Gasteiger partial charge on any atom is -0.384 e. The van der Waals surface area contributed by atoms with Gasteiger partial charge >= 0.3 is 0 Å². The number of hydrogen-bond acceptors (Lipinski definition) is 2. The smallest absolute Gasteiger partial charge is 0.107 e. The van der Waals surface area contributed by atoms with Gasteiger partial charge in [-0.3, -0.25) is 0 Å². The molecule has 1 atom stereocenters. The number of benzene rings is 1. The number of hydrogen-bond donors (Lipinski definition) is 1. The summed E-state index contributed by atoms with van der Waals surface area (Å²) in [4.78, 5) is 0. The van der Waals surface area contributed by atoms with Gasteiger partial charge < -0.3 is 5.11 Å². The number of aliphatic hydroxyl groups excluding tert-OH is 1. The second kappa shape index (κ2) is 5.88. The highest BCUT2D eigenvalue weighted by molar-refractivity contribution is 14.1. The first-order valence-electron chi connectivity index (χ1n) is 4.57. The average molecular weight is 508 g/mol. The molecule has 0 spiro atoms. The second-order valence-corrected chi connectivity index (χ2v) is 8.70. The Bertz CT molecular complexity index is 558. The summed E-state index contributed by atoms with van der Waals surface area (Å²) >= 11 is 16.6. The fraction of sp³-hybridized carbons (Fsp3) is 0.0909. The molecule has 0 aliphatic carbocycles. The van der Waals surface area contributed by atoms with E-state index >= 15 is 0 Å². The van der Waals surface area contributed by atoms with E-state index in [1.165, 1.54) is 0 Å². The lowest BCUT2D eigenvalue weighted by atomic mass is 10.0. The molecule has 90 valence electrons. The molecule has 1 nitrogen and oxygen atoms in total. The standard InChI is InChI=1S/C11H6Br2ClIOS/c12-9-4-7(11(13)17-9)10(16)6-3-5(14)1-2-8(6)15/h1-4,10,16H. The molecule has 17 heavy (non-hydrogen) atoms. The summed E-state index contributed by atoms with van der Waals surface area (Å²) in [5.74, 6) is 0. The van der Waals surface area contributed by atoms with E-state index in [4.69, 9.17) is 11.6 Å². The normalized spacial score (nSPS) is 12.8. The highest BCUT2D eigenvalue weighted by atomic mass is 127. The maximum absolute atomic E-state index is 10.4. The molecule has 1 heterocycles. The molecule has 0 fully saturated rings. The van der Waals surface area contributed by atoms with Crippen LogP contribution in [0.4, 0.5) is 0 Å². The molecule has 0 saturated heterocycles. The van der Waals surface area contributed by atoms with Gasteiger partial charge in [-0.15, -0.1) is 11.3 Å². The van der Waals surface area contributed by atoms with Crippen LogP contribution < -0.4 is 0 Å². The maximum atomic E-state index is 10.4. The van der Waals surface area contributed by atoms with Crippen LogP contribution in [0.15, 0.2) is 31.8 Å². The molecule has 1 aromatic heterocycles. The van der Waals surface area contributed by atoms with Gasteiger partial charge in [0.15, 0.2) is 0 Å². The van der Waals surface area contributed by atoms with Crippen molar-refractivity contribution in [2.75, 3.05) is 0 Å². The largest absolute Gasteiger partial charge is 0.384 e. The zero-order chi connectivity index (χ0) is 12.6. The van der Waals surface area contributed by atoms with Crippen LogP contribution in [0.1, 0.15) is 17.2 Å². The van der Waals surface area contributed by atoms with Crippen LogP contribution in [0, 0.1) is 3.57 Å². The molecular formula is C11H6Br2ClIOS. The van der Waals surface area contributed by atoms with Crippen LogP contribution in [0.3, 0.4) is 0 Å². The Labute approximate surface area is 139 Å². The Kier molecular flexibility index (Phi) is 4.94. The van der Waals surface area contributed by atoms with Crippen molar-refractivity contribution in [3.63, 3.8) is 0 Å². The molecule has 1 N–H and O–H groups in total. The van der Waals surface area contributed by atoms with Gasteiger partial charge in [0.1, 0.15) is 6.10 Å². The summed E-state index contributed by atoms with van der Waals surface area (Å²) in [6, 6.07) is 7.43. The van der Waals surface area contributed by atoms with Crippen LogP contribution in [-0.2, 0) is 0 Å². The molecule has 2 aromatic rings. The Morgan fingerprint density at radius 1 is 1.24 bits per heavy atom. The predicted octanol–water partition coefficient (Wildman–Crippen LogP) is 5.61. The van der Waals surface area contributed by atoms with Gasteiger partial charge in [-0.05, 0) is 84.3 Å². The van der Waals surface area contributed by atoms with Gasteiger partial charge in [0.2, 0.25) is 0 Å². The van der Waals surface area contributed by atoms with E-state index in [-0.39, 0.29) is 0 Å². The van der Waals surface area contributed by atoms with Gasteiger partial charge in [0.25, 0.3) is 0 Å². The first-order valence-corrected chi connectivity index (χ1v) is 8.42. The van der Waals surface area contributed by atoms with Crippen molar-refractivity contribution in [3.05, 3.63) is 51.6 Å². The summed E-state index contributed by atoms with van der Waals surface area (Å²) in [5.41, 5.74) is 1.67. The molecule has 1 unspecified atom stereocenters. The maximum Gasteiger partial charge on any atom is 0.107 e. The molecule has 0 aliphatic heterocycles. The predicted molar refractivity (Wildman–Crippen MR) is 87.9 cm³/mol. The van der Waals surface area contributed by atoms with Gasteiger partial charge in [-0.1, -0.05) is 11.6 Å². The van der Waals surface area contributed by atoms with Crippen molar-refractivity contribution in [2.45, 2.75) is 6.10 Å². The molecule has 6 heteroatoms. The molecule has 0 radical (unpaired) electrons. The third-order valence-corrected chi connectivity index (χ3v) is 5.83. The molecular weight excluding hydrogens is 502 g/mol. The van der Waals surface area contributed by atoms with E-state index < -0.39 is 6.10 Å². The summed E-state index contributed by atoms with van der Waals surface area (Å²) in [7, 11) is 0. The number of halogens is 4. The van der Waals surface area contributed by atoms with Crippen LogP contribution in [0.2, 0.25) is 5.02 Å². The average Bonchev–Trinajstić information content (AvgIpc) is 2.60. The second-order valence-electron chi connectivity index (χ2n) is 3.35. The quantitative estimate of drug-likeness (QED) is 0.523. The summed E-state index contributed by atoms with van der Waals surface area (Å²) in [6.07, 6.45) is -0.669. The molecule has 2 rings (SSSR count). The van der Waals surface area contributed by atoms with Gasteiger partial charge in [-0.25, -0.2) is 0 Å². The van der Waals surface area contributed by atoms with Gasteiger partial charge in [-0.2, -0.15) is 0 Å². The zero-order valence-electron chi connectivity index (χ0n) is 8.25.